The lowest BCUT2D eigenvalue weighted by molar-refractivity contribution is -0.141. The Kier molecular flexibility index (Phi) is 6.77. The fourth-order valence-electron chi connectivity index (χ4n) is 1.69. The number of ether oxygens (including phenoxy) is 1. The van der Waals surface area contributed by atoms with Crippen molar-refractivity contribution >= 4 is 40.2 Å². The average molecular weight is 380 g/mol. The Labute approximate surface area is 154 Å². The van der Waals surface area contributed by atoms with Gasteiger partial charge in [0.15, 0.2) is 4.34 Å². The van der Waals surface area contributed by atoms with Crippen molar-refractivity contribution in [3.8, 4) is 0 Å². The largest absolute Gasteiger partial charge is 0.460 e. The summed E-state index contributed by atoms with van der Waals surface area (Å²) in [5.41, 5.74) is 0.600. The molecule has 0 unspecified atom stereocenters. The van der Waals surface area contributed by atoms with E-state index in [0.29, 0.717) is 9.47 Å². The van der Waals surface area contributed by atoms with Crippen molar-refractivity contribution in [2.75, 3.05) is 11.1 Å². The van der Waals surface area contributed by atoms with E-state index in [1.54, 1.807) is 0 Å². The Bertz CT molecular complexity index is 714. The standard InChI is InChI=1S/C16H20N4O3S2/c1-16(2,3)18-13(22)17-14-19-20-15(25-14)24-10-12(21)23-9-11-7-5-4-6-8-11/h4-8H,9-10H2,1-3H3,(H2,17,18,19,22). The molecule has 0 spiro atoms. The van der Waals surface area contributed by atoms with Gasteiger partial charge in [0.25, 0.3) is 0 Å². The predicted octanol–water partition coefficient (Wildman–Crippen LogP) is 3.29. The van der Waals surface area contributed by atoms with E-state index in [4.69, 9.17) is 4.74 Å². The average Bonchev–Trinajstić information content (AvgIpc) is 2.97. The number of rotatable bonds is 6. The van der Waals surface area contributed by atoms with Crippen LogP contribution in [0.2, 0.25) is 0 Å². The van der Waals surface area contributed by atoms with Crippen molar-refractivity contribution in [3.63, 3.8) is 0 Å². The smallest absolute Gasteiger partial charge is 0.321 e. The maximum atomic E-state index is 11.8. The highest BCUT2D eigenvalue weighted by molar-refractivity contribution is 8.01. The molecule has 7 nitrogen and oxygen atoms in total. The number of urea groups is 1. The molecule has 2 amide bonds. The normalized spacial score (nSPS) is 11.0. The van der Waals surface area contributed by atoms with Crippen LogP contribution in [0.5, 0.6) is 0 Å². The number of nitrogens with one attached hydrogen (secondary N) is 2. The van der Waals surface area contributed by atoms with E-state index in [1.165, 1.54) is 23.1 Å². The first-order valence-electron chi connectivity index (χ1n) is 7.57. The SMILES string of the molecule is CC(C)(C)NC(=O)Nc1nnc(SCC(=O)OCc2ccccc2)s1. The summed E-state index contributed by atoms with van der Waals surface area (Å²) in [7, 11) is 0. The van der Waals surface area contributed by atoms with Gasteiger partial charge in [0.2, 0.25) is 5.13 Å². The van der Waals surface area contributed by atoms with Gasteiger partial charge in [-0.25, -0.2) is 4.79 Å². The lowest BCUT2D eigenvalue weighted by atomic mass is 10.1. The third kappa shape index (κ3) is 7.53. The first kappa shape index (κ1) is 19.2. The zero-order chi connectivity index (χ0) is 18.3. The summed E-state index contributed by atoms with van der Waals surface area (Å²) in [6.07, 6.45) is 0. The minimum absolute atomic E-state index is 0.135. The molecule has 0 saturated heterocycles. The van der Waals surface area contributed by atoms with E-state index in [-0.39, 0.29) is 29.9 Å². The Morgan fingerprint density at radius 3 is 2.60 bits per heavy atom. The van der Waals surface area contributed by atoms with Crippen LogP contribution in [0.25, 0.3) is 0 Å². The maximum absolute atomic E-state index is 11.8. The second-order valence-electron chi connectivity index (χ2n) is 6.14. The lowest BCUT2D eigenvalue weighted by Crippen LogP contribution is -2.43. The predicted molar refractivity (Wildman–Crippen MR) is 98.8 cm³/mol. The van der Waals surface area contributed by atoms with Crippen molar-refractivity contribution in [3.05, 3.63) is 35.9 Å². The van der Waals surface area contributed by atoms with Gasteiger partial charge in [0.05, 0.1) is 5.75 Å². The van der Waals surface area contributed by atoms with E-state index in [9.17, 15) is 9.59 Å². The molecular formula is C16H20N4O3S2. The minimum Gasteiger partial charge on any atom is -0.460 e. The highest BCUT2D eigenvalue weighted by atomic mass is 32.2. The van der Waals surface area contributed by atoms with Gasteiger partial charge in [-0.1, -0.05) is 53.4 Å². The van der Waals surface area contributed by atoms with Gasteiger partial charge in [0.1, 0.15) is 6.61 Å². The molecule has 2 rings (SSSR count). The van der Waals surface area contributed by atoms with E-state index in [0.717, 1.165) is 5.56 Å². The Hall–Kier alpha value is -2.13. The Morgan fingerprint density at radius 2 is 1.92 bits per heavy atom. The van der Waals surface area contributed by atoms with Crippen LogP contribution in [0, 0.1) is 0 Å². The quantitative estimate of drug-likeness (QED) is 0.454. The molecule has 0 fully saturated rings. The van der Waals surface area contributed by atoms with Crippen LogP contribution in [-0.2, 0) is 16.1 Å². The third-order valence-electron chi connectivity index (χ3n) is 2.67. The van der Waals surface area contributed by atoms with E-state index >= 15 is 0 Å². The van der Waals surface area contributed by atoms with Gasteiger partial charge in [-0.2, -0.15) is 0 Å². The van der Waals surface area contributed by atoms with Gasteiger partial charge >= 0.3 is 12.0 Å². The molecule has 0 aliphatic rings. The highest BCUT2D eigenvalue weighted by Crippen LogP contribution is 2.25. The van der Waals surface area contributed by atoms with Gasteiger partial charge in [-0.3, -0.25) is 10.1 Å². The molecule has 1 heterocycles. The van der Waals surface area contributed by atoms with Crippen LogP contribution in [-0.4, -0.2) is 33.5 Å². The molecule has 2 N–H and O–H groups in total. The number of hydrogen-bond donors (Lipinski definition) is 2. The summed E-state index contributed by atoms with van der Waals surface area (Å²) >= 11 is 2.43. The molecule has 0 aliphatic carbocycles. The first-order valence-corrected chi connectivity index (χ1v) is 9.37. The van der Waals surface area contributed by atoms with Crippen LogP contribution >= 0.6 is 23.1 Å². The monoisotopic (exact) mass is 380 g/mol. The zero-order valence-corrected chi connectivity index (χ0v) is 15.9. The second kappa shape index (κ2) is 8.82. The van der Waals surface area contributed by atoms with Crippen LogP contribution in [0.3, 0.4) is 0 Å². The number of hydrogen-bond acceptors (Lipinski definition) is 7. The molecule has 1 aromatic carbocycles. The van der Waals surface area contributed by atoms with E-state index < -0.39 is 0 Å². The minimum atomic E-state index is -0.345. The van der Waals surface area contributed by atoms with Gasteiger partial charge in [-0.05, 0) is 26.3 Å². The summed E-state index contributed by atoms with van der Waals surface area (Å²) in [6.45, 7) is 5.90. The number of aromatic nitrogens is 2. The van der Waals surface area contributed by atoms with Crippen molar-refractivity contribution in [2.24, 2.45) is 0 Å². The van der Waals surface area contributed by atoms with Crippen LogP contribution in [0.1, 0.15) is 26.3 Å². The lowest BCUT2D eigenvalue weighted by Gasteiger charge is -2.19. The molecule has 0 aliphatic heterocycles. The Morgan fingerprint density at radius 1 is 1.20 bits per heavy atom. The number of benzene rings is 1. The summed E-state index contributed by atoms with van der Waals surface area (Å²) < 4.78 is 5.78. The topological polar surface area (TPSA) is 93.2 Å². The Balaban J connectivity index is 1.73. The fraction of sp³-hybridized carbons (Fsp3) is 0.375. The van der Waals surface area contributed by atoms with Crippen molar-refractivity contribution in [1.29, 1.82) is 0 Å². The molecule has 1 aromatic heterocycles. The van der Waals surface area contributed by atoms with Gasteiger partial charge in [-0.15, -0.1) is 10.2 Å². The molecule has 0 saturated carbocycles. The molecular weight excluding hydrogens is 360 g/mol. The van der Waals surface area contributed by atoms with Gasteiger partial charge in [0, 0.05) is 5.54 Å². The third-order valence-corrected chi connectivity index (χ3v) is 4.62. The second-order valence-corrected chi connectivity index (χ2v) is 8.34. The molecule has 2 aromatic rings. The number of thioether (sulfide) groups is 1. The zero-order valence-electron chi connectivity index (χ0n) is 14.2. The molecule has 0 radical (unpaired) electrons. The van der Waals surface area contributed by atoms with Crippen molar-refractivity contribution in [2.45, 2.75) is 37.3 Å². The number of carbonyl (C=O) groups is 2. The number of esters is 1. The number of amides is 2. The van der Waals surface area contributed by atoms with Crippen LogP contribution in [0.15, 0.2) is 34.7 Å². The van der Waals surface area contributed by atoms with Crippen LogP contribution in [0.4, 0.5) is 9.93 Å². The molecule has 25 heavy (non-hydrogen) atoms. The molecule has 9 heteroatoms. The number of anilines is 1. The molecule has 134 valence electrons. The summed E-state index contributed by atoms with van der Waals surface area (Å²) in [5.74, 6) is -0.195. The first-order chi connectivity index (χ1) is 11.8. The van der Waals surface area contributed by atoms with Crippen molar-refractivity contribution < 1.29 is 14.3 Å². The maximum Gasteiger partial charge on any atom is 0.321 e. The summed E-state index contributed by atoms with van der Waals surface area (Å²) in [5, 5.41) is 13.6. The van der Waals surface area contributed by atoms with Crippen LogP contribution < -0.4 is 10.6 Å². The molecule has 0 bridgehead atoms. The number of nitrogens with zero attached hydrogens (tertiary/aromatic N) is 2. The van der Waals surface area contributed by atoms with Gasteiger partial charge < -0.3 is 10.1 Å². The van der Waals surface area contributed by atoms with Crippen molar-refractivity contribution in [1.82, 2.24) is 15.5 Å². The summed E-state index contributed by atoms with van der Waals surface area (Å²) in [6, 6.07) is 9.14. The van der Waals surface area contributed by atoms with E-state index in [2.05, 4.69) is 20.8 Å². The number of carbonyl (C=O) groups excluding carboxylic acids is 2. The highest BCUT2D eigenvalue weighted by Gasteiger charge is 2.15. The fourth-order valence-corrected chi connectivity index (χ4v) is 3.23. The van der Waals surface area contributed by atoms with E-state index in [1.807, 2.05) is 51.1 Å². The summed E-state index contributed by atoms with van der Waals surface area (Å²) in [4.78, 5) is 23.5. The molecule has 0 atom stereocenters.